The number of phenols is 1. The summed E-state index contributed by atoms with van der Waals surface area (Å²) < 4.78 is 3.22. The molecule has 3 aromatic rings. The summed E-state index contributed by atoms with van der Waals surface area (Å²) in [5, 5.41) is 30.9. The lowest BCUT2D eigenvalue weighted by molar-refractivity contribution is -0.137. The maximum Gasteiger partial charge on any atom is 0.323 e. The van der Waals surface area contributed by atoms with Gasteiger partial charge in [0, 0.05) is 22.5 Å². The molecule has 0 radical (unpaired) electrons. The first kappa shape index (κ1) is 21.3. The summed E-state index contributed by atoms with van der Waals surface area (Å²) in [6.07, 6.45) is 4.03. The van der Waals surface area contributed by atoms with Gasteiger partial charge in [-0.15, -0.1) is 5.10 Å². The van der Waals surface area contributed by atoms with Crippen LogP contribution in [0.25, 0.3) is 0 Å². The van der Waals surface area contributed by atoms with Crippen LogP contribution >= 0.6 is 0 Å². The molecule has 0 aliphatic heterocycles. The van der Waals surface area contributed by atoms with E-state index in [0.717, 1.165) is 41.9 Å². The number of nitrogens with zero attached hydrogens (tertiary/aromatic N) is 5. The highest BCUT2D eigenvalue weighted by Crippen LogP contribution is 2.26. The number of rotatable bonds is 8. The molecule has 0 saturated heterocycles. The van der Waals surface area contributed by atoms with Gasteiger partial charge in [0.15, 0.2) is 12.4 Å². The molecule has 166 valence electrons. The average molecular weight is 437 g/mol. The molecular weight excluding hydrogens is 414 g/mol. The number of carbonyl (C=O) groups excluding carboxylic acids is 1. The Morgan fingerprint density at radius 2 is 2.06 bits per heavy atom. The molecule has 0 unspecified atom stereocenters. The second-order valence-corrected chi connectivity index (χ2v) is 7.67. The SMILES string of the molecule is Cc1cc2c(n1CC(=O)O)CCCC2=NOCc1cn(CC(=O)c2cccc(O)c2)nn1. The van der Waals surface area contributed by atoms with Crippen molar-refractivity contribution in [3.8, 4) is 5.75 Å². The topological polar surface area (TPSA) is 132 Å². The summed E-state index contributed by atoms with van der Waals surface area (Å²) in [6.45, 7) is 1.90. The Morgan fingerprint density at radius 3 is 2.84 bits per heavy atom. The van der Waals surface area contributed by atoms with E-state index in [1.807, 2.05) is 13.0 Å². The van der Waals surface area contributed by atoms with Crippen LogP contribution in [0, 0.1) is 6.92 Å². The fourth-order valence-corrected chi connectivity index (χ4v) is 3.83. The smallest absolute Gasteiger partial charge is 0.323 e. The van der Waals surface area contributed by atoms with Crippen LogP contribution in [0.5, 0.6) is 5.75 Å². The normalized spacial score (nSPS) is 14.3. The Balaban J connectivity index is 1.39. The molecule has 0 atom stereocenters. The molecule has 4 rings (SSSR count). The third-order valence-electron chi connectivity index (χ3n) is 5.29. The zero-order valence-electron chi connectivity index (χ0n) is 17.6. The van der Waals surface area contributed by atoms with Crippen molar-refractivity contribution in [1.82, 2.24) is 19.6 Å². The number of phenolic OH excluding ortho intramolecular Hbond substituents is 1. The van der Waals surface area contributed by atoms with Gasteiger partial charge in [-0.05, 0) is 44.4 Å². The number of ketones is 1. The quantitative estimate of drug-likeness (QED) is 0.408. The maximum absolute atomic E-state index is 12.3. The van der Waals surface area contributed by atoms with Crippen molar-refractivity contribution < 1.29 is 24.6 Å². The maximum atomic E-state index is 12.3. The highest BCUT2D eigenvalue weighted by molar-refractivity contribution is 6.02. The molecule has 10 heteroatoms. The summed E-state index contributed by atoms with van der Waals surface area (Å²) in [5.41, 5.74) is 4.47. The van der Waals surface area contributed by atoms with Crippen molar-refractivity contribution >= 4 is 17.5 Å². The van der Waals surface area contributed by atoms with E-state index in [-0.39, 0.29) is 31.2 Å². The molecule has 0 spiro atoms. The molecule has 2 aromatic heterocycles. The molecule has 2 N–H and O–H groups in total. The predicted molar refractivity (Wildman–Crippen MR) is 114 cm³/mol. The van der Waals surface area contributed by atoms with Crippen LogP contribution < -0.4 is 0 Å². The number of hydrogen-bond donors (Lipinski definition) is 2. The molecule has 0 amide bonds. The standard InChI is InChI=1S/C22H23N5O5/c1-14-8-18-19(6-3-7-20(18)27(14)12-22(30)31)24-32-13-16-10-26(25-23-16)11-21(29)15-4-2-5-17(28)9-15/h2,4-5,8-10,28H,3,6-7,11-13H2,1H3,(H,30,31). The summed E-state index contributed by atoms with van der Waals surface area (Å²) >= 11 is 0. The van der Waals surface area contributed by atoms with E-state index in [0.29, 0.717) is 11.3 Å². The van der Waals surface area contributed by atoms with Gasteiger partial charge in [0.25, 0.3) is 0 Å². The van der Waals surface area contributed by atoms with Gasteiger partial charge in [0.2, 0.25) is 0 Å². The van der Waals surface area contributed by atoms with E-state index in [2.05, 4.69) is 15.5 Å². The third kappa shape index (κ3) is 4.69. The number of benzene rings is 1. The van der Waals surface area contributed by atoms with Crippen LogP contribution in [0.15, 0.2) is 41.7 Å². The first-order valence-electron chi connectivity index (χ1n) is 10.2. The number of aromatic hydroxyl groups is 1. The van der Waals surface area contributed by atoms with Gasteiger partial charge in [-0.2, -0.15) is 0 Å². The minimum absolute atomic E-state index is 0.00923. The third-order valence-corrected chi connectivity index (χ3v) is 5.29. The predicted octanol–water partition coefficient (Wildman–Crippen LogP) is 2.32. The summed E-state index contributed by atoms with van der Waals surface area (Å²) in [5.74, 6) is -1.05. The van der Waals surface area contributed by atoms with E-state index in [1.54, 1.807) is 22.9 Å². The van der Waals surface area contributed by atoms with Gasteiger partial charge in [-0.25, -0.2) is 4.68 Å². The number of fused-ring (bicyclic) bond motifs is 1. The second kappa shape index (κ2) is 9.04. The molecule has 0 fully saturated rings. The van der Waals surface area contributed by atoms with Crippen LogP contribution in [0.4, 0.5) is 0 Å². The molecular formula is C22H23N5O5. The first-order valence-corrected chi connectivity index (χ1v) is 10.2. The van der Waals surface area contributed by atoms with E-state index < -0.39 is 5.97 Å². The van der Waals surface area contributed by atoms with Gasteiger partial charge >= 0.3 is 5.97 Å². The van der Waals surface area contributed by atoms with E-state index >= 15 is 0 Å². The minimum atomic E-state index is -0.877. The molecule has 10 nitrogen and oxygen atoms in total. The van der Waals surface area contributed by atoms with Crippen molar-refractivity contribution in [3.63, 3.8) is 0 Å². The number of aliphatic carboxylic acids is 1. The number of aromatic nitrogens is 4. The average Bonchev–Trinajstić information content (AvgIpc) is 3.32. The molecule has 32 heavy (non-hydrogen) atoms. The fourth-order valence-electron chi connectivity index (χ4n) is 3.83. The summed E-state index contributed by atoms with van der Waals surface area (Å²) in [6, 6.07) is 8.09. The van der Waals surface area contributed by atoms with Crippen molar-refractivity contribution in [1.29, 1.82) is 0 Å². The highest BCUT2D eigenvalue weighted by Gasteiger charge is 2.23. The Morgan fingerprint density at radius 1 is 1.22 bits per heavy atom. The number of carboxylic acid groups (broad SMARTS) is 1. The number of carboxylic acids is 1. The van der Waals surface area contributed by atoms with Gasteiger partial charge in [-0.3, -0.25) is 9.59 Å². The number of Topliss-reactive ketones (excluding diaryl/α,β-unsaturated/α-hetero) is 1. The van der Waals surface area contributed by atoms with Gasteiger partial charge in [0.05, 0.1) is 11.9 Å². The van der Waals surface area contributed by atoms with Crippen molar-refractivity contribution in [2.75, 3.05) is 0 Å². The van der Waals surface area contributed by atoms with E-state index in [1.165, 1.54) is 16.8 Å². The van der Waals surface area contributed by atoms with Crippen molar-refractivity contribution in [2.24, 2.45) is 5.16 Å². The monoisotopic (exact) mass is 437 g/mol. The second-order valence-electron chi connectivity index (χ2n) is 7.67. The fraction of sp³-hybridized carbons (Fsp3) is 0.318. The lowest BCUT2D eigenvalue weighted by atomic mass is 9.96. The van der Waals surface area contributed by atoms with E-state index in [4.69, 9.17) is 9.94 Å². The molecule has 0 saturated carbocycles. The zero-order valence-corrected chi connectivity index (χ0v) is 17.6. The van der Waals surface area contributed by atoms with Crippen molar-refractivity contribution in [2.45, 2.75) is 45.9 Å². The minimum Gasteiger partial charge on any atom is -0.508 e. The van der Waals surface area contributed by atoms with Crippen LogP contribution in [0.2, 0.25) is 0 Å². The Kier molecular flexibility index (Phi) is 6.02. The van der Waals surface area contributed by atoms with Gasteiger partial charge in [0.1, 0.15) is 24.5 Å². The highest BCUT2D eigenvalue weighted by atomic mass is 16.6. The molecule has 1 aliphatic carbocycles. The number of hydrogen-bond acceptors (Lipinski definition) is 7. The van der Waals surface area contributed by atoms with Crippen LogP contribution in [-0.4, -0.2) is 47.2 Å². The Labute approximate surface area is 183 Å². The first-order chi connectivity index (χ1) is 15.4. The lowest BCUT2D eigenvalue weighted by Gasteiger charge is -2.16. The molecule has 2 heterocycles. The van der Waals surface area contributed by atoms with Crippen molar-refractivity contribution in [3.05, 3.63) is 64.7 Å². The number of aryl methyl sites for hydroxylation is 1. The lowest BCUT2D eigenvalue weighted by Crippen LogP contribution is -2.18. The van der Waals surface area contributed by atoms with E-state index in [9.17, 15) is 14.7 Å². The molecule has 1 aromatic carbocycles. The number of oxime groups is 1. The zero-order chi connectivity index (χ0) is 22.7. The summed E-state index contributed by atoms with van der Waals surface area (Å²) in [4.78, 5) is 29.0. The Hall–Kier alpha value is -3.95. The molecule has 1 aliphatic rings. The number of carbonyl (C=O) groups is 2. The van der Waals surface area contributed by atoms with Crippen LogP contribution in [0.3, 0.4) is 0 Å². The molecule has 0 bridgehead atoms. The summed E-state index contributed by atoms with van der Waals surface area (Å²) in [7, 11) is 0. The van der Waals surface area contributed by atoms with Crippen LogP contribution in [0.1, 0.15) is 45.8 Å². The van der Waals surface area contributed by atoms with Gasteiger partial charge < -0.3 is 19.6 Å². The van der Waals surface area contributed by atoms with Crippen LogP contribution in [-0.2, 0) is 35.7 Å². The largest absolute Gasteiger partial charge is 0.508 e. The van der Waals surface area contributed by atoms with Gasteiger partial charge in [-0.1, -0.05) is 22.5 Å². The Bertz CT molecular complexity index is 1190.